The average Bonchev–Trinajstić information content (AvgIpc) is 2.31. The van der Waals surface area contributed by atoms with Gasteiger partial charge < -0.3 is 14.4 Å². The van der Waals surface area contributed by atoms with Gasteiger partial charge in [0, 0.05) is 12.8 Å². The molecule has 0 aliphatic rings. The molecule has 6 heteroatoms. The number of Topliss-reactive ketones (excluding diaryl/α,β-unsaturated/α-hetero) is 2. The van der Waals surface area contributed by atoms with Crippen LogP contribution in [0.1, 0.15) is 26.7 Å². The maximum atomic E-state index is 11.8. The molecule has 0 aliphatic carbocycles. The molecule has 0 radical (unpaired) electrons. The summed E-state index contributed by atoms with van der Waals surface area (Å²) in [6, 6.07) is 0. The number of hydrogen-bond acceptors (Lipinski definition) is 5. The molecule has 0 heterocycles. The third-order valence-electron chi connectivity index (χ3n) is 2.14. The first-order chi connectivity index (χ1) is 8.86. The molecule has 106 valence electrons. The van der Waals surface area contributed by atoms with Crippen LogP contribution in [0, 0.1) is 0 Å². The summed E-state index contributed by atoms with van der Waals surface area (Å²) >= 11 is 0. The van der Waals surface area contributed by atoms with E-state index >= 15 is 0 Å². The van der Waals surface area contributed by atoms with Crippen molar-refractivity contribution in [2.45, 2.75) is 26.7 Å². The first-order valence-corrected chi connectivity index (χ1v) is 5.90. The van der Waals surface area contributed by atoms with Gasteiger partial charge in [-0.25, -0.2) is 0 Å². The zero-order chi connectivity index (χ0) is 14.8. The van der Waals surface area contributed by atoms with Crippen molar-refractivity contribution in [1.29, 1.82) is 0 Å². The molecule has 0 atom stereocenters. The number of carbonyl (C=O) groups is 4. The van der Waals surface area contributed by atoms with Gasteiger partial charge in [-0.1, -0.05) is 12.7 Å². The fourth-order valence-corrected chi connectivity index (χ4v) is 1.30. The van der Waals surface area contributed by atoms with Gasteiger partial charge in [0.2, 0.25) is 5.91 Å². The Labute approximate surface area is 112 Å². The normalized spacial score (nSPS) is 9.58. The highest BCUT2D eigenvalue weighted by atomic mass is 16.5. The van der Waals surface area contributed by atoms with E-state index in [-0.39, 0.29) is 44.1 Å². The van der Waals surface area contributed by atoms with Crippen LogP contribution in [0.3, 0.4) is 0 Å². The van der Waals surface area contributed by atoms with Gasteiger partial charge in [0.1, 0.15) is 24.7 Å². The summed E-state index contributed by atoms with van der Waals surface area (Å²) in [5.74, 6) is -1.39. The van der Waals surface area contributed by atoms with E-state index < -0.39 is 11.9 Å². The van der Waals surface area contributed by atoms with Crippen LogP contribution in [0.15, 0.2) is 12.7 Å². The van der Waals surface area contributed by atoms with E-state index in [1.165, 1.54) is 19.9 Å². The lowest BCUT2D eigenvalue weighted by atomic mass is 10.2. The van der Waals surface area contributed by atoms with Gasteiger partial charge in [-0.05, 0) is 13.8 Å². The summed E-state index contributed by atoms with van der Waals surface area (Å²) in [6.45, 7) is 5.67. The van der Waals surface area contributed by atoms with Crippen LogP contribution in [0.4, 0.5) is 0 Å². The highest BCUT2D eigenvalue weighted by molar-refractivity contribution is 5.89. The minimum Gasteiger partial charge on any atom is -0.460 e. The number of carbonyl (C=O) groups excluding carboxylic acids is 4. The van der Waals surface area contributed by atoms with Crippen LogP contribution in [0.5, 0.6) is 0 Å². The Hall–Kier alpha value is -1.98. The summed E-state index contributed by atoms with van der Waals surface area (Å²) in [6.07, 6.45) is 1.48. The van der Waals surface area contributed by atoms with Crippen molar-refractivity contribution in [3.05, 3.63) is 12.7 Å². The SMILES string of the molecule is C=CCOC(=O)CN(CC(C)=O)C(=O)CCC(C)=O. The lowest BCUT2D eigenvalue weighted by Gasteiger charge is -2.20. The summed E-state index contributed by atoms with van der Waals surface area (Å²) in [4.78, 5) is 46.2. The van der Waals surface area contributed by atoms with Gasteiger partial charge in [-0.3, -0.25) is 14.4 Å². The molecule has 0 aliphatic heterocycles. The standard InChI is InChI=1S/C13H19NO5/c1-4-7-19-13(18)9-14(8-11(3)16)12(17)6-5-10(2)15/h4H,1,5-9H2,2-3H3. The largest absolute Gasteiger partial charge is 0.460 e. The van der Waals surface area contributed by atoms with Crippen molar-refractivity contribution >= 4 is 23.4 Å². The molecule has 6 nitrogen and oxygen atoms in total. The van der Waals surface area contributed by atoms with E-state index in [4.69, 9.17) is 4.74 Å². The van der Waals surface area contributed by atoms with Crippen molar-refractivity contribution in [2.75, 3.05) is 19.7 Å². The zero-order valence-electron chi connectivity index (χ0n) is 11.3. The minimum atomic E-state index is -0.614. The highest BCUT2D eigenvalue weighted by Crippen LogP contribution is 2.00. The fraction of sp³-hybridized carbons (Fsp3) is 0.538. The Morgan fingerprint density at radius 3 is 2.16 bits per heavy atom. The Bertz CT molecular complexity index is 375. The molecular weight excluding hydrogens is 250 g/mol. The van der Waals surface area contributed by atoms with Gasteiger partial charge in [-0.15, -0.1) is 0 Å². The Morgan fingerprint density at radius 1 is 1.05 bits per heavy atom. The van der Waals surface area contributed by atoms with Crippen molar-refractivity contribution in [3.8, 4) is 0 Å². The lowest BCUT2D eigenvalue weighted by molar-refractivity contribution is -0.149. The smallest absolute Gasteiger partial charge is 0.325 e. The maximum Gasteiger partial charge on any atom is 0.325 e. The summed E-state index contributed by atoms with van der Waals surface area (Å²) in [7, 11) is 0. The van der Waals surface area contributed by atoms with E-state index in [1.807, 2.05) is 0 Å². The predicted molar refractivity (Wildman–Crippen MR) is 68.3 cm³/mol. The van der Waals surface area contributed by atoms with Crippen LogP contribution < -0.4 is 0 Å². The number of ether oxygens (including phenoxy) is 1. The van der Waals surface area contributed by atoms with Gasteiger partial charge in [0.25, 0.3) is 0 Å². The van der Waals surface area contributed by atoms with Crippen LogP contribution >= 0.6 is 0 Å². The molecular formula is C13H19NO5. The number of rotatable bonds is 9. The molecule has 0 aromatic rings. The molecule has 0 rings (SSSR count). The molecule has 0 unspecified atom stereocenters. The predicted octanol–water partition coefficient (Wildman–Crippen LogP) is 0.502. The number of esters is 1. The number of amides is 1. The molecule has 0 bridgehead atoms. The Morgan fingerprint density at radius 2 is 1.68 bits per heavy atom. The van der Waals surface area contributed by atoms with Crippen molar-refractivity contribution < 1.29 is 23.9 Å². The van der Waals surface area contributed by atoms with E-state index in [2.05, 4.69) is 6.58 Å². The number of nitrogens with zero attached hydrogens (tertiary/aromatic N) is 1. The first-order valence-electron chi connectivity index (χ1n) is 5.90. The molecule has 0 saturated carbocycles. The van der Waals surface area contributed by atoms with Crippen molar-refractivity contribution in [3.63, 3.8) is 0 Å². The van der Waals surface area contributed by atoms with E-state index in [9.17, 15) is 19.2 Å². The molecule has 0 saturated heterocycles. The number of ketones is 2. The molecule has 1 amide bonds. The average molecular weight is 269 g/mol. The van der Waals surface area contributed by atoms with Gasteiger partial charge in [-0.2, -0.15) is 0 Å². The molecule has 0 aromatic heterocycles. The van der Waals surface area contributed by atoms with Crippen LogP contribution in [-0.4, -0.2) is 48.0 Å². The summed E-state index contributed by atoms with van der Waals surface area (Å²) in [5, 5.41) is 0. The quantitative estimate of drug-likeness (QED) is 0.450. The van der Waals surface area contributed by atoms with Crippen LogP contribution in [0.25, 0.3) is 0 Å². The minimum absolute atomic E-state index is 0.0165. The molecule has 0 spiro atoms. The Balaban J connectivity index is 4.47. The molecule has 19 heavy (non-hydrogen) atoms. The molecule has 0 N–H and O–H groups in total. The number of hydrogen-bond donors (Lipinski definition) is 0. The third-order valence-corrected chi connectivity index (χ3v) is 2.14. The van der Waals surface area contributed by atoms with E-state index in [0.29, 0.717) is 0 Å². The van der Waals surface area contributed by atoms with Crippen molar-refractivity contribution in [2.24, 2.45) is 0 Å². The Kier molecular flexibility index (Phi) is 8.08. The summed E-state index contributed by atoms with van der Waals surface area (Å²) in [5.41, 5.74) is 0. The van der Waals surface area contributed by atoms with Gasteiger partial charge in [0.15, 0.2) is 0 Å². The second-order valence-electron chi connectivity index (χ2n) is 4.13. The molecule has 0 aromatic carbocycles. The second kappa shape index (κ2) is 9.02. The third kappa shape index (κ3) is 8.70. The van der Waals surface area contributed by atoms with E-state index in [1.54, 1.807) is 0 Å². The van der Waals surface area contributed by atoms with Crippen molar-refractivity contribution in [1.82, 2.24) is 4.90 Å². The van der Waals surface area contributed by atoms with Gasteiger partial charge >= 0.3 is 5.97 Å². The lowest BCUT2D eigenvalue weighted by Crippen LogP contribution is -2.39. The fourth-order valence-electron chi connectivity index (χ4n) is 1.30. The topological polar surface area (TPSA) is 80.8 Å². The van der Waals surface area contributed by atoms with Gasteiger partial charge in [0.05, 0.1) is 6.54 Å². The zero-order valence-corrected chi connectivity index (χ0v) is 11.3. The molecule has 0 fully saturated rings. The summed E-state index contributed by atoms with van der Waals surface area (Å²) < 4.78 is 4.75. The van der Waals surface area contributed by atoms with E-state index in [0.717, 1.165) is 4.90 Å². The monoisotopic (exact) mass is 269 g/mol. The van der Waals surface area contributed by atoms with Crippen LogP contribution in [0.2, 0.25) is 0 Å². The second-order valence-corrected chi connectivity index (χ2v) is 4.13. The maximum absolute atomic E-state index is 11.8. The highest BCUT2D eigenvalue weighted by Gasteiger charge is 2.19. The first kappa shape index (κ1) is 17.0. The van der Waals surface area contributed by atoms with Crippen LogP contribution in [-0.2, 0) is 23.9 Å².